The first-order chi connectivity index (χ1) is 16.9. The van der Waals surface area contributed by atoms with E-state index in [1.165, 1.54) is 6.07 Å². The van der Waals surface area contributed by atoms with Gasteiger partial charge in [0.2, 0.25) is 5.95 Å². The highest BCUT2D eigenvalue weighted by atomic mass is 19.1. The zero-order chi connectivity index (χ0) is 24.4. The minimum atomic E-state index is -0.567. The highest BCUT2D eigenvalue weighted by Crippen LogP contribution is 2.35. The van der Waals surface area contributed by atoms with Crippen LogP contribution in [0.1, 0.15) is 30.9 Å². The average Bonchev–Trinajstić information content (AvgIpc) is 3.27. The molecule has 2 aromatic carbocycles. The van der Waals surface area contributed by atoms with Crippen molar-refractivity contribution in [3.63, 3.8) is 0 Å². The minimum Gasteiger partial charge on any atom is -0.457 e. The molecule has 0 saturated carbocycles. The molecule has 0 unspecified atom stereocenters. The normalized spacial score (nSPS) is 11.4. The fraction of sp³-hybridized carbons (Fsp3) is 0.138. The first-order valence-electron chi connectivity index (χ1n) is 11.4. The van der Waals surface area contributed by atoms with Crippen molar-refractivity contribution in [3.05, 3.63) is 120 Å². The van der Waals surface area contributed by atoms with Crippen LogP contribution in [0.15, 0.2) is 97.1 Å². The number of ether oxygens (including phenoxy) is 1. The number of rotatable bonds is 6. The summed E-state index contributed by atoms with van der Waals surface area (Å²) in [6.45, 7) is 6.07. The van der Waals surface area contributed by atoms with E-state index in [1.54, 1.807) is 16.8 Å². The highest BCUT2D eigenvalue weighted by molar-refractivity contribution is 5.62. The Hall–Kier alpha value is -4.32. The van der Waals surface area contributed by atoms with Crippen LogP contribution in [0, 0.1) is 12.9 Å². The molecule has 5 rings (SSSR count). The van der Waals surface area contributed by atoms with Gasteiger partial charge < -0.3 is 4.74 Å². The third-order valence-electron chi connectivity index (χ3n) is 5.93. The van der Waals surface area contributed by atoms with Crippen LogP contribution in [0.5, 0.6) is 11.5 Å². The zero-order valence-corrected chi connectivity index (χ0v) is 19.8. The van der Waals surface area contributed by atoms with Crippen molar-refractivity contribution in [2.24, 2.45) is 0 Å². The summed E-state index contributed by atoms with van der Waals surface area (Å²) in [5.41, 5.74) is 3.69. The molecule has 0 aliphatic heterocycles. The third kappa shape index (κ3) is 4.68. The number of aryl methyl sites for hydroxylation is 1. The molecule has 0 aliphatic rings. The second-order valence-electron chi connectivity index (χ2n) is 8.88. The van der Waals surface area contributed by atoms with Crippen molar-refractivity contribution in [2.45, 2.75) is 26.2 Å². The lowest BCUT2D eigenvalue weighted by Crippen LogP contribution is -2.22. The Labute approximate surface area is 203 Å². The number of halogens is 1. The van der Waals surface area contributed by atoms with E-state index < -0.39 is 11.4 Å². The van der Waals surface area contributed by atoms with Gasteiger partial charge in [0.1, 0.15) is 11.5 Å². The molecule has 0 radical (unpaired) electrons. The topological polar surface area (TPSA) is 52.8 Å². The van der Waals surface area contributed by atoms with Crippen LogP contribution >= 0.6 is 0 Å². The summed E-state index contributed by atoms with van der Waals surface area (Å²) in [4.78, 5) is 9.00. The molecule has 0 atom stereocenters. The Kier molecular flexibility index (Phi) is 5.87. The molecule has 0 fully saturated rings. The van der Waals surface area contributed by atoms with Gasteiger partial charge in [0.05, 0.1) is 22.5 Å². The van der Waals surface area contributed by atoms with Gasteiger partial charge in [0.15, 0.2) is 5.82 Å². The standard InChI is InChI=1S/C29H25FN4O/c1-20-17-26(33-34(20)28-16-10-15-27(30)32-28)29(2,3)25-19-23(35-22-13-8-5-9-14-22)18-24(31-25)21-11-6-4-7-12-21/h4-19H,1-3H3. The number of nitrogens with zero attached hydrogens (tertiary/aromatic N) is 4. The summed E-state index contributed by atoms with van der Waals surface area (Å²) in [5, 5.41) is 4.79. The molecule has 0 saturated heterocycles. The monoisotopic (exact) mass is 464 g/mol. The Bertz CT molecular complexity index is 1460. The summed E-state index contributed by atoms with van der Waals surface area (Å²) < 4.78 is 21.6. The molecule has 0 N–H and O–H groups in total. The van der Waals surface area contributed by atoms with Crippen molar-refractivity contribution in [1.29, 1.82) is 0 Å². The summed E-state index contributed by atoms with van der Waals surface area (Å²) in [6.07, 6.45) is 0. The number of benzene rings is 2. The fourth-order valence-electron chi connectivity index (χ4n) is 3.92. The zero-order valence-electron chi connectivity index (χ0n) is 19.8. The number of pyridine rings is 2. The first kappa shape index (κ1) is 22.5. The lowest BCUT2D eigenvalue weighted by atomic mass is 9.84. The quantitative estimate of drug-likeness (QED) is 0.257. The maximum Gasteiger partial charge on any atom is 0.214 e. The average molecular weight is 465 g/mol. The van der Waals surface area contributed by atoms with Gasteiger partial charge in [-0.25, -0.2) is 9.67 Å². The van der Waals surface area contributed by atoms with E-state index in [0.29, 0.717) is 11.6 Å². The van der Waals surface area contributed by atoms with E-state index in [9.17, 15) is 4.39 Å². The Morgan fingerprint density at radius 1 is 0.743 bits per heavy atom. The molecule has 0 aliphatic carbocycles. The van der Waals surface area contributed by atoms with Crippen LogP contribution in [-0.4, -0.2) is 19.7 Å². The molecule has 3 heterocycles. The summed E-state index contributed by atoms with van der Waals surface area (Å²) in [6, 6.07) is 30.3. The smallest absolute Gasteiger partial charge is 0.214 e. The van der Waals surface area contributed by atoms with Gasteiger partial charge in [-0.1, -0.05) is 54.6 Å². The summed E-state index contributed by atoms with van der Waals surface area (Å²) >= 11 is 0. The van der Waals surface area contributed by atoms with Crippen molar-refractivity contribution < 1.29 is 9.13 Å². The minimum absolute atomic E-state index is 0.434. The Morgan fingerprint density at radius 2 is 1.46 bits per heavy atom. The van der Waals surface area contributed by atoms with Gasteiger partial charge >= 0.3 is 0 Å². The van der Waals surface area contributed by atoms with Crippen molar-refractivity contribution >= 4 is 0 Å². The summed E-state index contributed by atoms with van der Waals surface area (Å²) in [7, 11) is 0. The largest absolute Gasteiger partial charge is 0.457 e. The van der Waals surface area contributed by atoms with Crippen LogP contribution in [-0.2, 0) is 5.41 Å². The van der Waals surface area contributed by atoms with Gasteiger partial charge in [-0.15, -0.1) is 0 Å². The lowest BCUT2D eigenvalue weighted by Gasteiger charge is -2.23. The molecule has 0 spiro atoms. The van der Waals surface area contributed by atoms with Gasteiger partial charge in [-0.2, -0.15) is 9.49 Å². The second kappa shape index (κ2) is 9.14. The Morgan fingerprint density at radius 3 is 2.17 bits per heavy atom. The van der Waals surface area contributed by atoms with E-state index in [-0.39, 0.29) is 0 Å². The highest BCUT2D eigenvalue weighted by Gasteiger charge is 2.30. The third-order valence-corrected chi connectivity index (χ3v) is 5.93. The van der Waals surface area contributed by atoms with Crippen molar-refractivity contribution in [2.75, 3.05) is 0 Å². The molecule has 5 nitrogen and oxygen atoms in total. The maximum absolute atomic E-state index is 13.7. The summed E-state index contributed by atoms with van der Waals surface area (Å²) in [5.74, 6) is 1.33. The molecule has 5 aromatic rings. The number of para-hydroxylation sites is 1. The van der Waals surface area contributed by atoms with Crippen molar-refractivity contribution in [3.8, 4) is 28.6 Å². The van der Waals surface area contributed by atoms with Crippen LogP contribution in [0.4, 0.5) is 4.39 Å². The lowest BCUT2D eigenvalue weighted by molar-refractivity contribution is 0.477. The van der Waals surface area contributed by atoms with Crippen LogP contribution in [0.2, 0.25) is 0 Å². The molecule has 6 heteroatoms. The number of aromatic nitrogens is 4. The van der Waals surface area contributed by atoms with E-state index >= 15 is 0 Å². The molecule has 3 aromatic heterocycles. The fourth-order valence-corrected chi connectivity index (χ4v) is 3.92. The Balaban J connectivity index is 1.59. The van der Waals surface area contributed by atoms with E-state index in [4.69, 9.17) is 14.8 Å². The van der Waals surface area contributed by atoms with E-state index in [1.807, 2.05) is 85.8 Å². The van der Waals surface area contributed by atoms with Crippen LogP contribution in [0.25, 0.3) is 17.1 Å². The molecule has 35 heavy (non-hydrogen) atoms. The number of hydrogen-bond donors (Lipinski definition) is 0. The van der Waals surface area contributed by atoms with Crippen molar-refractivity contribution in [1.82, 2.24) is 19.7 Å². The first-order valence-corrected chi connectivity index (χ1v) is 11.4. The van der Waals surface area contributed by atoms with Crippen LogP contribution in [0.3, 0.4) is 0 Å². The van der Waals surface area contributed by atoms with Gasteiger partial charge in [0, 0.05) is 23.4 Å². The van der Waals surface area contributed by atoms with Gasteiger partial charge in [0.25, 0.3) is 0 Å². The maximum atomic E-state index is 13.7. The van der Waals surface area contributed by atoms with Gasteiger partial charge in [-0.3, -0.25) is 4.98 Å². The molecule has 0 amide bonds. The van der Waals surface area contributed by atoms with Gasteiger partial charge in [-0.05, 0) is 51.1 Å². The SMILES string of the molecule is Cc1cc(C(C)(C)c2cc(Oc3ccccc3)cc(-c3ccccc3)n2)nn1-c1cccc(F)n1. The number of hydrogen-bond acceptors (Lipinski definition) is 4. The molecular formula is C29H25FN4O. The van der Waals surface area contributed by atoms with Crippen LogP contribution < -0.4 is 4.74 Å². The molecule has 0 bridgehead atoms. The molecule has 174 valence electrons. The molecular weight excluding hydrogens is 439 g/mol. The van der Waals surface area contributed by atoms with E-state index in [2.05, 4.69) is 18.8 Å². The predicted molar refractivity (Wildman–Crippen MR) is 134 cm³/mol. The predicted octanol–water partition coefficient (Wildman–Crippen LogP) is 6.90. The second-order valence-corrected chi connectivity index (χ2v) is 8.88. The van der Waals surface area contributed by atoms with E-state index in [0.717, 1.165) is 34.1 Å².